The molecule has 0 saturated heterocycles. The maximum Gasteiger partial charge on any atom is 0.292 e. The highest BCUT2D eigenvalue weighted by Crippen LogP contribution is 2.31. The van der Waals surface area contributed by atoms with Gasteiger partial charge in [0.15, 0.2) is 0 Å². The van der Waals surface area contributed by atoms with Crippen molar-refractivity contribution in [3.8, 4) is 11.4 Å². The third kappa shape index (κ3) is 5.19. The van der Waals surface area contributed by atoms with Crippen LogP contribution in [0.2, 0.25) is 5.02 Å². The SMILES string of the molecule is CC(C)[C@@H](CO)Nc1nc(Nc2cc(Cl)ccc2[N+](=O)[O-])cc(-c2ccccn2)n1. The van der Waals surface area contributed by atoms with Crippen molar-refractivity contribution in [2.75, 3.05) is 17.2 Å². The molecule has 0 bridgehead atoms. The summed E-state index contributed by atoms with van der Waals surface area (Å²) in [5.41, 5.74) is 1.19. The lowest BCUT2D eigenvalue weighted by atomic mass is 10.1. The highest BCUT2D eigenvalue weighted by atomic mass is 35.5. The Morgan fingerprint density at radius 3 is 2.60 bits per heavy atom. The molecular weight excluding hydrogens is 408 g/mol. The Labute approximate surface area is 178 Å². The van der Waals surface area contributed by atoms with Crippen molar-refractivity contribution in [2.45, 2.75) is 19.9 Å². The van der Waals surface area contributed by atoms with Crippen LogP contribution in [0.4, 0.5) is 23.1 Å². The first-order valence-corrected chi connectivity index (χ1v) is 9.64. The van der Waals surface area contributed by atoms with Gasteiger partial charge in [0.1, 0.15) is 11.5 Å². The predicted octanol–water partition coefficient (Wildman–Crippen LogP) is 4.27. The fraction of sp³-hybridized carbons (Fsp3) is 0.250. The Morgan fingerprint density at radius 2 is 1.97 bits per heavy atom. The molecule has 0 aliphatic carbocycles. The normalized spacial score (nSPS) is 11.9. The number of halogens is 1. The maximum atomic E-state index is 11.4. The van der Waals surface area contributed by atoms with Crippen molar-refractivity contribution in [2.24, 2.45) is 5.92 Å². The second-order valence-electron chi connectivity index (χ2n) is 6.90. The molecule has 0 unspecified atom stereocenters. The zero-order valence-corrected chi connectivity index (χ0v) is 17.2. The van der Waals surface area contributed by atoms with E-state index in [-0.39, 0.29) is 35.9 Å². The van der Waals surface area contributed by atoms with Gasteiger partial charge in [-0.05, 0) is 30.2 Å². The van der Waals surface area contributed by atoms with Crippen molar-refractivity contribution in [3.05, 3.63) is 63.8 Å². The first-order chi connectivity index (χ1) is 14.4. The molecule has 0 radical (unpaired) electrons. The molecule has 2 aromatic heterocycles. The van der Waals surface area contributed by atoms with Gasteiger partial charge in [0.25, 0.3) is 5.69 Å². The minimum atomic E-state index is -0.501. The molecule has 0 amide bonds. The average molecular weight is 429 g/mol. The minimum absolute atomic E-state index is 0.0998. The Bertz CT molecular complexity index is 1030. The van der Waals surface area contributed by atoms with Crippen LogP contribution in [0.1, 0.15) is 13.8 Å². The summed E-state index contributed by atoms with van der Waals surface area (Å²) in [6, 6.07) is 11.0. The van der Waals surface area contributed by atoms with Gasteiger partial charge in [-0.25, -0.2) is 4.98 Å². The summed E-state index contributed by atoms with van der Waals surface area (Å²) in [5.74, 6) is 0.708. The van der Waals surface area contributed by atoms with Gasteiger partial charge in [-0.15, -0.1) is 0 Å². The number of rotatable bonds is 8. The summed E-state index contributed by atoms with van der Waals surface area (Å²) in [7, 11) is 0. The standard InChI is InChI=1S/C20H21ClN6O3/c1-12(2)17(11-28)25-20-24-15(14-5-3-4-8-22-14)10-19(26-20)23-16-9-13(21)6-7-18(16)27(29)30/h3-10,12,17,28H,11H2,1-2H3,(H2,23,24,25,26)/t17-/m1/s1. The molecule has 3 aromatic rings. The molecule has 2 heterocycles. The Balaban J connectivity index is 2.04. The van der Waals surface area contributed by atoms with Crippen molar-refractivity contribution in [1.82, 2.24) is 15.0 Å². The fourth-order valence-electron chi connectivity index (χ4n) is 2.72. The van der Waals surface area contributed by atoms with Crippen LogP contribution in [0.5, 0.6) is 0 Å². The van der Waals surface area contributed by atoms with Crippen LogP contribution >= 0.6 is 11.6 Å². The number of nitro benzene ring substituents is 1. The van der Waals surface area contributed by atoms with Gasteiger partial charge in [0, 0.05) is 23.4 Å². The van der Waals surface area contributed by atoms with E-state index in [1.165, 1.54) is 18.2 Å². The maximum absolute atomic E-state index is 11.4. The van der Waals surface area contributed by atoms with Gasteiger partial charge in [0.2, 0.25) is 5.95 Å². The number of aliphatic hydroxyl groups excluding tert-OH is 1. The molecule has 3 N–H and O–H groups in total. The third-order valence-corrected chi connectivity index (χ3v) is 4.62. The summed E-state index contributed by atoms with van der Waals surface area (Å²) in [4.78, 5) is 24.1. The highest BCUT2D eigenvalue weighted by Gasteiger charge is 2.18. The molecule has 0 spiro atoms. The molecule has 9 nitrogen and oxygen atoms in total. The van der Waals surface area contributed by atoms with E-state index in [1.54, 1.807) is 24.4 Å². The van der Waals surface area contributed by atoms with Crippen molar-refractivity contribution in [1.29, 1.82) is 0 Å². The molecule has 0 fully saturated rings. The number of nitro groups is 1. The van der Waals surface area contributed by atoms with Gasteiger partial charge in [-0.2, -0.15) is 4.98 Å². The highest BCUT2D eigenvalue weighted by molar-refractivity contribution is 6.31. The lowest BCUT2D eigenvalue weighted by molar-refractivity contribution is -0.383. The summed E-state index contributed by atoms with van der Waals surface area (Å²) in [6.07, 6.45) is 1.64. The minimum Gasteiger partial charge on any atom is -0.394 e. The molecule has 30 heavy (non-hydrogen) atoms. The van der Waals surface area contributed by atoms with Gasteiger partial charge >= 0.3 is 0 Å². The summed E-state index contributed by atoms with van der Waals surface area (Å²) in [6.45, 7) is 3.83. The van der Waals surface area contributed by atoms with Gasteiger partial charge in [-0.3, -0.25) is 15.1 Å². The largest absolute Gasteiger partial charge is 0.394 e. The zero-order valence-electron chi connectivity index (χ0n) is 16.4. The predicted molar refractivity (Wildman–Crippen MR) is 116 cm³/mol. The number of nitrogens with one attached hydrogen (secondary N) is 2. The van der Waals surface area contributed by atoms with Crippen LogP contribution in [0.25, 0.3) is 11.4 Å². The lowest BCUT2D eigenvalue weighted by Crippen LogP contribution is -2.30. The topological polar surface area (TPSA) is 126 Å². The molecule has 156 valence electrons. The average Bonchev–Trinajstić information content (AvgIpc) is 2.72. The number of nitrogens with zero attached hydrogens (tertiary/aromatic N) is 4. The van der Waals surface area contributed by atoms with Gasteiger partial charge in [-0.1, -0.05) is 31.5 Å². The van der Waals surface area contributed by atoms with E-state index in [2.05, 4.69) is 25.6 Å². The fourth-order valence-corrected chi connectivity index (χ4v) is 2.89. The molecule has 10 heteroatoms. The van der Waals surface area contributed by atoms with Crippen LogP contribution in [-0.2, 0) is 0 Å². The number of aliphatic hydroxyl groups is 1. The second-order valence-corrected chi connectivity index (χ2v) is 7.33. The Morgan fingerprint density at radius 1 is 1.17 bits per heavy atom. The van der Waals surface area contributed by atoms with Crippen molar-refractivity contribution < 1.29 is 10.0 Å². The number of hydrogen-bond donors (Lipinski definition) is 3. The molecule has 1 atom stereocenters. The van der Waals surface area contributed by atoms with Crippen LogP contribution in [-0.4, -0.2) is 37.6 Å². The number of hydrogen-bond acceptors (Lipinski definition) is 8. The lowest BCUT2D eigenvalue weighted by Gasteiger charge is -2.20. The molecule has 0 aliphatic heterocycles. The van der Waals surface area contributed by atoms with Crippen molar-refractivity contribution >= 4 is 34.7 Å². The van der Waals surface area contributed by atoms with Crippen LogP contribution in [0, 0.1) is 16.0 Å². The third-order valence-electron chi connectivity index (χ3n) is 4.39. The number of benzene rings is 1. The summed E-state index contributed by atoms with van der Waals surface area (Å²) in [5, 5.41) is 27.4. The monoisotopic (exact) mass is 428 g/mol. The van der Waals surface area contributed by atoms with E-state index in [1.807, 2.05) is 19.9 Å². The van der Waals surface area contributed by atoms with E-state index in [0.717, 1.165) is 0 Å². The number of aromatic nitrogens is 3. The van der Waals surface area contributed by atoms with Gasteiger partial charge in [0.05, 0.1) is 29.0 Å². The van der Waals surface area contributed by atoms with E-state index < -0.39 is 4.92 Å². The smallest absolute Gasteiger partial charge is 0.292 e. The van der Waals surface area contributed by atoms with E-state index in [4.69, 9.17) is 11.6 Å². The van der Waals surface area contributed by atoms with E-state index >= 15 is 0 Å². The number of pyridine rings is 1. The first-order valence-electron chi connectivity index (χ1n) is 9.26. The Hall–Kier alpha value is -3.30. The van der Waals surface area contributed by atoms with Crippen LogP contribution < -0.4 is 10.6 Å². The molecule has 0 aliphatic rings. The van der Waals surface area contributed by atoms with Crippen LogP contribution in [0.3, 0.4) is 0 Å². The van der Waals surface area contributed by atoms with Gasteiger partial charge < -0.3 is 15.7 Å². The Kier molecular flexibility index (Phi) is 6.76. The molecule has 1 aromatic carbocycles. The summed E-state index contributed by atoms with van der Waals surface area (Å²) < 4.78 is 0. The molecular formula is C20H21ClN6O3. The molecule has 3 rings (SSSR count). The quantitative estimate of drug-likeness (QED) is 0.358. The van der Waals surface area contributed by atoms with E-state index in [0.29, 0.717) is 22.2 Å². The zero-order chi connectivity index (χ0) is 21.7. The van der Waals surface area contributed by atoms with Crippen molar-refractivity contribution in [3.63, 3.8) is 0 Å². The first kappa shape index (κ1) is 21.4. The summed E-state index contributed by atoms with van der Waals surface area (Å²) >= 11 is 6.02. The number of anilines is 3. The van der Waals surface area contributed by atoms with Crippen LogP contribution in [0.15, 0.2) is 48.7 Å². The second kappa shape index (κ2) is 9.47. The molecule has 0 saturated carbocycles. The van der Waals surface area contributed by atoms with E-state index in [9.17, 15) is 15.2 Å².